The molecule has 0 spiro atoms. The molecule has 120 valence electrons. The summed E-state index contributed by atoms with van der Waals surface area (Å²) in [6.45, 7) is 1.94. The van der Waals surface area contributed by atoms with E-state index in [4.69, 9.17) is 9.47 Å². The van der Waals surface area contributed by atoms with Crippen LogP contribution in [0.3, 0.4) is 0 Å². The second kappa shape index (κ2) is 8.03. The van der Waals surface area contributed by atoms with Gasteiger partial charge in [0.05, 0.1) is 20.3 Å². The van der Waals surface area contributed by atoms with Crippen molar-refractivity contribution < 1.29 is 14.3 Å². The Balaban J connectivity index is 1.99. The van der Waals surface area contributed by atoms with Gasteiger partial charge in [0, 0.05) is 11.6 Å². The van der Waals surface area contributed by atoms with E-state index in [1.165, 1.54) is 6.08 Å². The van der Waals surface area contributed by atoms with Gasteiger partial charge >= 0.3 is 0 Å². The highest BCUT2D eigenvalue weighted by Crippen LogP contribution is 2.19. The van der Waals surface area contributed by atoms with Gasteiger partial charge in [-0.05, 0) is 36.8 Å². The van der Waals surface area contributed by atoms with Crippen LogP contribution in [0.2, 0.25) is 0 Å². The monoisotopic (exact) mass is 311 g/mol. The lowest BCUT2D eigenvalue weighted by Gasteiger charge is -2.13. The second-order valence-electron chi connectivity index (χ2n) is 5.08. The van der Waals surface area contributed by atoms with Gasteiger partial charge in [0.2, 0.25) is 5.91 Å². The standard InChI is InChI=1S/C19H21NO3/c1-14(15-8-11-17(22-2)12-9-15)20-19(21)13-10-16-6-4-5-7-18(16)23-3/h4-14H,1-3H3,(H,20,21)/b13-10+/t14-/m1/s1. The average molecular weight is 311 g/mol. The third kappa shape index (κ3) is 4.61. The van der Waals surface area contributed by atoms with Crippen LogP contribution in [-0.4, -0.2) is 20.1 Å². The maximum absolute atomic E-state index is 12.1. The van der Waals surface area contributed by atoms with Crippen LogP contribution in [-0.2, 0) is 4.79 Å². The Hall–Kier alpha value is -2.75. The van der Waals surface area contributed by atoms with E-state index in [2.05, 4.69) is 5.32 Å². The molecule has 0 aromatic heterocycles. The van der Waals surface area contributed by atoms with Gasteiger partial charge in [-0.25, -0.2) is 0 Å². The first-order valence-corrected chi connectivity index (χ1v) is 7.39. The fourth-order valence-corrected chi connectivity index (χ4v) is 2.21. The summed E-state index contributed by atoms with van der Waals surface area (Å²) in [5.74, 6) is 1.38. The number of para-hydroxylation sites is 1. The fraction of sp³-hybridized carbons (Fsp3) is 0.211. The Morgan fingerprint density at radius 1 is 1.04 bits per heavy atom. The first-order chi connectivity index (χ1) is 11.1. The molecule has 2 rings (SSSR count). The van der Waals surface area contributed by atoms with Gasteiger partial charge in [-0.2, -0.15) is 0 Å². The van der Waals surface area contributed by atoms with Crippen LogP contribution in [0.5, 0.6) is 11.5 Å². The molecule has 1 atom stereocenters. The summed E-state index contributed by atoms with van der Waals surface area (Å²) in [5.41, 5.74) is 1.88. The van der Waals surface area contributed by atoms with E-state index in [-0.39, 0.29) is 11.9 Å². The van der Waals surface area contributed by atoms with Crippen LogP contribution in [0.15, 0.2) is 54.6 Å². The molecule has 23 heavy (non-hydrogen) atoms. The molecule has 4 nitrogen and oxygen atoms in total. The molecule has 0 heterocycles. The van der Waals surface area contributed by atoms with Crippen molar-refractivity contribution in [1.82, 2.24) is 5.32 Å². The minimum atomic E-state index is -0.153. The van der Waals surface area contributed by atoms with Crippen molar-refractivity contribution in [3.63, 3.8) is 0 Å². The van der Waals surface area contributed by atoms with Gasteiger partial charge in [0.25, 0.3) is 0 Å². The summed E-state index contributed by atoms with van der Waals surface area (Å²) in [5, 5.41) is 2.93. The Kier molecular flexibility index (Phi) is 5.80. The topological polar surface area (TPSA) is 47.6 Å². The Morgan fingerprint density at radius 2 is 1.74 bits per heavy atom. The van der Waals surface area contributed by atoms with Crippen LogP contribution >= 0.6 is 0 Å². The van der Waals surface area contributed by atoms with E-state index in [1.54, 1.807) is 20.3 Å². The minimum absolute atomic E-state index is 0.0873. The Labute approximate surface area is 136 Å². The highest BCUT2D eigenvalue weighted by Gasteiger charge is 2.08. The summed E-state index contributed by atoms with van der Waals surface area (Å²) in [6, 6.07) is 15.1. The first-order valence-electron chi connectivity index (χ1n) is 7.39. The van der Waals surface area contributed by atoms with Crippen molar-refractivity contribution >= 4 is 12.0 Å². The zero-order valence-electron chi connectivity index (χ0n) is 13.6. The smallest absolute Gasteiger partial charge is 0.244 e. The van der Waals surface area contributed by atoms with Gasteiger partial charge in [-0.1, -0.05) is 30.3 Å². The quantitative estimate of drug-likeness (QED) is 0.829. The van der Waals surface area contributed by atoms with Crippen LogP contribution in [0.1, 0.15) is 24.1 Å². The van der Waals surface area contributed by atoms with Crippen molar-refractivity contribution in [2.24, 2.45) is 0 Å². The van der Waals surface area contributed by atoms with Crippen molar-refractivity contribution in [2.75, 3.05) is 14.2 Å². The average Bonchev–Trinajstić information content (AvgIpc) is 2.60. The fourth-order valence-electron chi connectivity index (χ4n) is 2.21. The summed E-state index contributed by atoms with van der Waals surface area (Å²) < 4.78 is 10.4. The third-order valence-corrected chi connectivity index (χ3v) is 3.53. The van der Waals surface area contributed by atoms with Crippen molar-refractivity contribution in [2.45, 2.75) is 13.0 Å². The van der Waals surface area contributed by atoms with E-state index >= 15 is 0 Å². The molecule has 0 aliphatic carbocycles. The molecular formula is C19H21NO3. The van der Waals surface area contributed by atoms with Gasteiger partial charge in [-0.15, -0.1) is 0 Å². The number of amides is 1. The van der Waals surface area contributed by atoms with E-state index in [9.17, 15) is 4.79 Å². The molecule has 4 heteroatoms. The normalized spacial score (nSPS) is 12.0. The van der Waals surface area contributed by atoms with E-state index in [0.717, 1.165) is 22.6 Å². The number of methoxy groups -OCH3 is 2. The van der Waals surface area contributed by atoms with Crippen molar-refractivity contribution in [1.29, 1.82) is 0 Å². The third-order valence-electron chi connectivity index (χ3n) is 3.53. The predicted octanol–water partition coefficient (Wildman–Crippen LogP) is 3.59. The first kappa shape index (κ1) is 16.6. The number of nitrogens with one attached hydrogen (secondary N) is 1. The summed E-state index contributed by atoms with van der Waals surface area (Å²) >= 11 is 0. The molecule has 0 fully saturated rings. The van der Waals surface area contributed by atoms with E-state index < -0.39 is 0 Å². The lowest BCUT2D eigenvalue weighted by molar-refractivity contribution is -0.117. The molecule has 0 radical (unpaired) electrons. The number of carbonyl (C=O) groups is 1. The van der Waals surface area contributed by atoms with Crippen LogP contribution in [0, 0.1) is 0 Å². The molecular weight excluding hydrogens is 290 g/mol. The van der Waals surface area contributed by atoms with Crippen LogP contribution < -0.4 is 14.8 Å². The molecule has 0 aliphatic heterocycles. The lowest BCUT2D eigenvalue weighted by Crippen LogP contribution is -2.24. The number of hydrogen-bond donors (Lipinski definition) is 1. The molecule has 1 amide bonds. The maximum Gasteiger partial charge on any atom is 0.244 e. The van der Waals surface area contributed by atoms with E-state index in [1.807, 2.05) is 55.5 Å². The van der Waals surface area contributed by atoms with Gasteiger partial charge < -0.3 is 14.8 Å². The summed E-state index contributed by atoms with van der Waals surface area (Å²) in [6.07, 6.45) is 3.26. The highest BCUT2D eigenvalue weighted by atomic mass is 16.5. The number of hydrogen-bond acceptors (Lipinski definition) is 3. The SMILES string of the molecule is COc1ccc([C@@H](C)NC(=O)/C=C/c2ccccc2OC)cc1. The van der Waals surface area contributed by atoms with Gasteiger partial charge in [0.15, 0.2) is 0 Å². The molecule has 2 aromatic rings. The lowest BCUT2D eigenvalue weighted by atomic mass is 10.1. The number of rotatable bonds is 6. The maximum atomic E-state index is 12.1. The molecule has 0 bridgehead atoms. The molecule has 1 N–H and O–H groups in total. The van der Waals surface area contributed by atoms with Gasteiger partial charge in [-0.3, -0.25) is 4.79 Å². The molecule has 0 saturated carbocycles. The predicted molar refractivity (Wildman–Crippen MR) is 91.6 cm³/mol. The zero-order valence-corrected chi connectivity index (χ0v) is 13.6. The van der Waals surface area contributed by atoms with Crippen molar-refractivity contribution in [3.8, 4) is 11.5 Å². The summed E-state index contributed by atoms with van der Waals surface area (Å²) in [4.78, 5) is 12.1. The Bertz CT molecular complexity index is 677. The second-order valence-corrected chi connectivity index (χ2v) is 5.08. The molecule has 0 saturated heterocycles. The number of ether oxygens (including phenoxy) is 2. The molecule has 0 unspecified atom stereocenters. The van der Waals surface area contributed by atoms with E-state index in [0.29, 0.717) is 0 Å². The minimum Gasteiger partial charge on any atom is -0.497 e. The van der Waals surface area contributed by atoms with Crippen LogP contribution in [0.25, 0.3) is 6.08 Å². The zero-order chi connectivity index (χ0) is 16.7. The number of carbonyl (C=O) groups excluding carboxylic acids is 1. The van der Waals surface area contributed by atoms with Gasteiger partial charge in [0.1, 0.15) is 11.5 Å². The van der Waals surface area contributed by atoms with Crippen molar-refractivity contribution in [3.05, 3.63) is 65.7 Å². The highest BCUT2D eigenvalue weighted by molar-refractivity contribution is 5.92. The largest absolute Gasteiger partial charge is 0.497 e. The summed E-state index contributed by atoms with van der Waals surface area (Å²) in [7, 11) is 3.24. The number of benzene rings is 2. The Morgan fingerprint density at radius 3 is 2.39 bits per heavy atom. The molecule has 2 aromatic carbocycles. The molecule has 0 aliphatic rings. The van der Waals surface area contributed by atoms with Crippen LogP contribution in [0.4, 0.5) is 0 Å².